The maximum atomic E-state index is 12.6. The molecule has 0 amide bonds. The number of ketones is 1. The predicted octanol–water partition coefficient (Wildman–Crippen LogP) is 1.10. The third kappa shape index (κ3) is 1.73. The van der Waals surface area contributed by atoms with Crippen molar-refractivity contribution in [3.05, 3.63) is 23.5 Å². The van der Waals surface area contributed by atoms with Crippen LogP contribution in [0.3, 0.4) is 0 Å². The number of rotatable bonds is 2. The summed E-state index contributed by atoms with van der Waals surface area (Å²) in [5, 5.41) is 19.8. The topological polar surface area (TPSA) is 76.0 Å². The third-order valence-corrected chi connectivity index (χ3v) is 6.05. The molecule has 1 saturated heterocycles. The summed E-state index contributed by atoms with van der Waals surface area (Å²) in [6.45, 7) is 6.07. The molecule has 1 saturated carbocycles. The monoisotopic (exact) mass is 306 g/mol. The van der Waals surface area contributed by atoms with Crippen LogP contribution in [0.2, 0.25) is 0 Å². The molecule has 4 rings (SSSR count). The van der Waals surface area contributed by atoms with Crippen LogP contribution in [0.25, 0.3) is 0 Å². The van der Waals surface area contributed by atoms with E-state index in [1.807, 2.05) is 0 Å². The molecule has 5 unspecified atom stereocenters. The van der Waals surface area contributed by atoms with Crippen LogP contribution in [-0.2, 0) is 14.3 Å². The summed E-state index contributed by atoms with van der Waals surface area (Å²) in [5.74, 6) is 0.683. The zero-order valence-corrected chi connectivity index (χ0v) is 12.8. The van der Waals surface area contributed by atoms with Gasteiger partial charge in [-0.25, -0.2) is 0 Å². The van der Waals surface area contributed by atoms with Crippen LogP contribution in [0.4, 0.5) is 0 Å². The number of hydrogen-bond donors (Lipinski definition) is 2. The van der Waals surface area contributed by atoms with Crippen molar-refractivity contribution in [3.63, 3.8) is 0 Å². The predicted molar refractivity (Wildman–Crippen MR) is 77.9 cm³/mol. The Morgan fingerprint density at radius 3 is 3.00 bits per heavy atom. The van der Waals surface area contributed by atoms with E-state index in [9.17, 15) is 15.0 Å². The van der Waals surface area contributed by atoms with E-state index in [1.54, 1.807) is 0 Å². The number of Topliss-reactive ketones (excluding diaryl/α,β-unsaturated/α-hetero) is 1. The Labute approximate surface area is 129 Å². The molecule has 2 bridgehead atoms. The molecule has 0 aromatic heterocycles. The van der Waals surface area contributed by atoms with Crippen molar-refractivity contribution >= 4 is 5.78 Å². The summed E-state index contributed by atoms with van der Waals surface area (Å²) in [7, 11) is 0. The van der Waals surface area contributed by atoms with Crippen LogP contribution < -0.4 is 0 Å². The first kappa shape index (κ1) is 14.4. The number of carbonyl (C=O) groups excluding carboxylic acids is 1. The lowest BCUT2D eigenvalue weighted by Crippen LogP contribution is -2.49. The summed E-state index contributed by atoms with van der Waals surface area (Å²) in [6, 6.07) is 0. The molecule has 4 aliphatic rings. The highest BCUT2D eigenvalue weighted by atomic mass is 16.6. The fraction of sp³-hybridized carbons (Fsp3) is 0.706. The first-order valence-corrected chi connectivity index (χ1v) is 7.97. The molecule has 5 atom stereocenters. The Bertz CT molecular complexity index is 594. The number of aliphatic hydroxyl groups excluding tert-OH is 1. The van der Waals surface area contributed by atoms with E-state index in [4.69, 9.17) is 9.47 Å². The van der Waals surface area contributed by atoms with Crippen molar-refractivity contribution < 1.29 is 24.5 Å². The van der Waals surface area contributed by atoms with Crippen molar-refractivity contribution in [1.29, 1.82) is 0 Å². The highest BCUT2D eigenvalue weighted by Crippen LogP contribution is 2.55. The first-order valence-electron chi connectivity index (χ1n) is 7.97. The second-order valence-electron chi connectivity index (χ2n) is 7.39. The molecule has 22 heavy (non-hydrogen) atoms. The Morgan fingerprint density at radius 1 is 1.50 bits per heavy atom. The molecule has 120 valence electrons. The lowest BCUT2D eigenvalue weighted by atomic mass is 9.72. The second-order valence-corrected chi connectivity index (χ2v) is 7.39. The normalized spacial score (nSPS) is 46.3. The third-order valence-electron chi connectivity index (χ3n) is 6.05. The van der Waals surface area contributed by atoms with Gasteiger partial charge < -0.3 is 19.7 Å². The Balaban J connectivity index is 1.72. The van der Waals surface area contributed by atoms with Gasteiger partial charge in [-0.15, -0.1) is 0 Å². The summed E-state index contributed by atoms with van der Waals surface area (Å²) in [5.41, 5.74) is -0.314. The van der Waals surface area contributed by atoms with Gasteiger partial charge in [-0.05, 0) is 37.7 Å². The van der Waals surface area contributed by atoms with Gasteiger partial charge in [0.15, 0.2) is 11.4 Å². The van der Waals surface area contributed by atoms with Gasteiger partial charge in [0.1, 0.15) is 17.5 Å². The lowest BCUT2D eigenvalue weighted by molar-refractivity contribution is -0.136. The molecule has 0 spiro atoms. The van der Waals surface area contributed by atoms with Crippen molar-refractivity contribution in [1.82, 2.24) is 0 Å². The zero-order chi connectivity index (χ0) is 15.7. The minimum atomic E-state index is -1.37. The average Bonchev–Trinajstić information content (AvgIpc) is 3.02. The zero-order valence-electron chi connectivity index (χ0n) is 12.8. The van der Waals surface area contributed by atoms with Crippen molar-refractivity contribution in [2.45, 2.75) is 49.9 Å². The smallest absolute Gasteiger partial charge is 0.196 e. The molecule has 2 aliphatic carbocycles. The maximum absolute atomic E-state index is 12.6. The van der Waals surface area contributed by atoms with Crippen molar-refractivity contribution in [3.8, 4) is 0 Å². The molecular formula is C17H22O5. The van der Waals surface area contributed by atoms with Gasteiger partial charge in [-0.1, -0.05) is 6.58 Å². The van der Waals surface area contributed by atoms with Gasteiger partial charge >= 0.3 is 0 Å². The van der Waals surface area contributed by atoms with E-state index in [2.05, 4.69) is 13.5 Å². The van der Waals surface area contributed by atoms with Crippen LogP contribution in [0, 0.1) is 11.8 Å². The molecule has 2 N–H and O–H groups in total. The van der Waals surface area contributed by atoms with Gasteiger partial charge in [0.25, 0.3) is 0 Å². The van der Waals surface area contributed by atoms with E-state index in [0.29, 0.717) is 24.2 Å². The highest BCUT2D eigenvalue weighted by molar-refractivity contribution is 6.04. The largest absolute Gasteiger partial charge is 0.488 e. The van der Waals surface area contributed by atoms with Crippen LogP contribution in [0.5, 0.6) is 0 Å². The van der Waals surface area contributed by atoms with Gasteiger partial charge in [-0.2, -0.15) is 0 Å². The number of carbonyl (C=O) groups is 1. The van der Waals surface area contributed by atoms with Crippen molar-refractivity contribution in [2.24, 2.45) is 11.8 Å². The van der Waals surface area contributed by atoms with Crippen molar-refractivity contribution in [2.75, 3.05) is 13.2 Å². The fourth-order valence-corrected chi connectivity index (χ4v) is 4.71. The average molecular weight is 306 g/mol. The molecular weight excluding hydrogens is 284 g/mol. The SMILES string of the molecule is C=C(CO)C1CCC2(C)OC3=C(CC12)C(=O)C1(O)COC3C1. The Kier molecular flexibility index (Phi) is 2.91. The summed E-state index contributed by atoms with van der Waals surface area (Å²) in [6.07, 6.45) is 2.37. The van der Waals surface area contributed by atoms with Crippen LogP contribution >= 0.6 is 0 Å². The van der Waals surface area contributed by atoms with Crippen LogP contribution in [0.1, 0.15) is 32.6 Å². The molecule has 5 heteroatoms. The van der Waals surface area contributed by atoms with Gasteiger partial charge in [0.05, 0.1) is 13.2 Å². The van der Waals surface area contributed by atoms with Crippen LogP contribution in [0.15, 0.2) is 23.5 Å². The van der Waals surface area contributed by atoms with E-state index in [0.717, 1.165) is 18.4 Å². The maximum Gasteiger partial charge on any atom is 0.196 e. The molecule has 2 aliphatic heterocycles. The number of ether oxygens (including phenoxy) is 2. The molecule has 5 nitrogen and oxygen atoms in total. The summed E-state index contributed by atoms with van der Waals surface area (Å²) >= 11 is 0. The van der Waals surface area contributed by atoms with Gasteiger partial charge in [-0.3, -0.25) is 4.79 Å². The first-order chi connectivity index (χ1) is 10.4. The second kappa shape index (κ2) is 4.43. The number of fused-ring (bicyclic) bond motifs is 4. The highest BCUT2D eigenvalue weighted by Gasteiger charge is 2.59. The van der Waals surface area contributed by atoms with E-state index >= 15 is 0 Å². The Hall–Kier alpha value is -1.17. The van der Waals surface area contributed by atoms with Crippen LogP contribution in [-0.4, -0.2) is 46.5 Å². The minimum absolute atomic E-state index is 0.0349. The summed E-state index contributed by atoms with van der Waals surface area (Å²) in [4.78, 5) is 12.6. The number of hydrogen-bond acceptors (Lipinski definition) is 5. The Morgan fingerprint density at radius 2 is 2.27 bits per heavy atom. The molecule has 0 aromatic carbocycles. The summed E-state index contributed by atoms with van der Waals surface area (Å²) < 4.78 is 11.9. The van der Waals surface area contributed by atoms with E-state index < -0.39 is 5.60 Å². The number of aliphatic hydroxyl groups is 2. The molecule has 0 aromatic rings. The molecule has 2 fully saturated rings. The van der Waals surface area contributed by atoms with Gasteiger partial charge in [0.2, 0.25) is 0 Å². The standard InChI is InChI=1S/C17H22O5/c1-9(7-18)10-3-4-16(2)12(10)5-11-14(22-16)13-6-17(20,8-21-13)15(11)19/h10,12-13,18,20H,1,3-8H2,2H3. The lowest BCUT2D eigenvalue weighted by Gasteiger charge is -2.44. The van der Waals surface area contributed by atoms with E-state index in [-0.39, 0.29) is 42.5 Å². The van der Waals surface area contributed by atoms with Gasteiger partial charge in [0, 0.05) is 17.9 Å². The minimum Gasteiger partial charge on any atom is -0.488 e. The fourth-order valence-electron chi connectivity index (χ4n) is 4.71. The van der Waals surface area contributed by atoms with E-state index in [1.165, 1.54) is 0 Å². The quantitative estimate of drug-likeness (QED) is 0.747. The molecule has 0 radical (unpaired) electrons. The molecule has 2 heterocycles.